The summed E-state index contributed by atoms with van der Waals surface area (Å²) < 4.78 is 0. The van der Waals surface area contributed by atoms with Gasteiger partial charge in [-0.1, -0.05) is 6.08 Å². The molecule has 1 rings (SSSR count). The van der Waals surface area contributed by atoms with Crippen molar-refractivity contribution in [3.05, 3.63) is 12.7 Å². The number of piperidine rings is 1. The molecule has 1 saturated heterocycles. The van der Waals surface area contributed by atoms with E-state index in [2.05, 4.69) is 11.9 Å². The SMILES string of the molecule is C=CCNC(=O)N1CCCC(C(C)(C)C(=O)O)C1. The van der Waals surface area contributed by atoms with Gasteiger partial charge in [0, 0.05) is 19.6 Å². The van der Waals surface area contributed by atoms with Crippen LogP contribution < -0.4 is 5.32 Å². The van der Waals surface area contributed by atoms with Crippen molar-refractivity contribution in [2.24, 2.45) is 11.3 Å². The van der Waals surface area contributed by atoms with Gasteiger partial charge in [0.25, 0.3) is 0 Å². The number of nitrogens with zero attached hydrogens (tertiary/aromatic N) is 1. The van der Waals surface area contributed by atoms with E-state index >= 15 is 0 Å². The first-order chi connectivity index (χ1) is 8.39. The fourth-order valence-electron chi connectivity index (χ4n) is 2.20. The van der Waals surface area contributed by atoms with Crippen molar-refractivity contribution < 1.29 is 14.7 Å². The number of carboxylic acids is 1. The van der Waals surface area contributed by atoms with Gasteiger partial charge in [0.15, 0.2) is 0 Å². The van der Waals surface area contributed by atoms with Crippen LogP contribution in [0.3, 0.4) is 0 Å². The number of likely N-dealkylation sites (tertiary alicyclic amines) is 1. The minimum absolute atomic E-state index is 0.00164. The zero-order valence-electron chi connectivity index (χ0n) is 11.1. The summed E-state index contributed by atoms with van der Waals surface area (Å²) >= 11 is 0. The lowest BCUT2D eigenvalue weighted by Gasteiger charge is -2.39. The molecule has 0 spiro atoms. The zero-order valence-corrected chi connectivity index (χ0v) is 11.1. The van der Waals surface area contributed by atoms with Crippen LogP contribution in [-0.2, 0) is 4.79 Å². The van der Waals surface area contributed by atoms with E-state index < -0.39 is 11.4 Å². The quantitative estimate of drug-likeness (QED) is 0.750. The number of nitrogens with one attached hydrogen (secondary N) is 1. The summed E-state index contributed by atoms with van der Waals surface area (Å²) in [5.74, 6) is -0.806. The largest absolute Gasteiger partial charge is 0.481 e. The Bertz CT molecular complexity index is 339. The van der Waals surface area contributed by atoms with E-state index in [9.17, 15) is 14.7 Å². The predicted molar refractivity (Wildman–Crippen MR) is 69.3 cm³/mol. The van der Waals surface area contributed by atoms with Crippen LogP contribution in [0.15, 0.2) is 12.7 Å². The third kappa shape index (κ3) is 3.24. The standard InChI is InChI=1S/C13H22N2O3/c1-4-7-14-12(18)15-8-5-6-10(9-15)13(2,3)11(16)17/h4,10H,1,5-9H2,2-3H3,(H,14,18)(H,16,17). The number of aliphatic carboxylic acids is 1. The molecule has 1 aliphatic rings. The summed E-state index contributed by atoms with van der Waals surface area (Å²) in [5, 5.41) is 12.0. The molecule has 0 aromatic rings. The number of amides is 2. The van der Waals surface area contributed by atoms with E-state index in [1.54, 1.807) is 24.8 Å². The number of carbonyl (C=O) groups is 2. The molecule has 0 saturated carbocycles. The van der Waals surface area contributed by atoms with Crippen LogP contribution in [0.5, 0.6) is 0 Å². The van der Waals surface area contributed by atoms with Gasteiger partial charge in [-0.15, -0.1) is 6.58 Å². The lowest BCUT2D eigenvalue weighted by Crippen LogP contribution is -2.49. The molecule has 0 aromatic carbocycles. The first-order valence-electron chi connectivity index (χ1n) is 6.26. The van der Waals surface area contributed by atoms with Crippen molar-refractivity contribution in [3.63, 3.8) is 0 Å². The summed E-state index contributed by atoms with van der Waals surface area (Å²) in [6, 6.07) is -0.138. The van der Waals surface area contributed by atoms with Crippen molar-refractivity contribution in [2.45, 2.75) is 26.7 Å². The van der Waals surface area contributed by atoms with Gasteiger partial charge in [-0.2, -0.15) is 0 Å². The summed E-state index contributed by atoms with van der Waals surface area (Å²) in [7, 11) is 0. The van der Waals surface area contributed by atoms with Gasteiger partial charge in [0.05, 0.1) is 5.41 Å². The Balaban J connectivity index is 2.63. The van der Waals surface area contributed by atoms with E-state index in [0.717, 1.165) is 12.8 Å². The molecule has 18 heavy (non-hydrogen) atoms. The Hall–Kier alpha value is -1.52. The van der Waals surface area contributed by atoms with Crippen molar-refractivity contribution in [2.75, 3.05) is 19.6 Å². The van der Waals surface area contributed by atoms with Crippen LogP contribution in [0.2, 0.25) is 0 Å². The van der Waals surface area contributed by atoms with Gasteiger partial charge < -0.3 is 15.3 Å². The normalized spacial score (nSPS) is 20.3. The molecule has 0 bridgehead atoms. The molecule has 5 heteroatoms. The van der Waals surface area contributed by atoms with Gasteiger partial charge in [-0.3, -0.25) is 4.79 Å². The predicted octanol–water partition coefficient (Wildman–Crippen LogP) is 1.70. The number of hydrogen-bond donors (Lipinski definition) is 2. The van der Waals surface area contributed by atoms with E-state index in [0.29, 0.717) is 19.6 Å². The molecular formula is C13H22N2O3. The monoisotopic (exact) mass is 254 g/mol. The zero-order chi connectivity index (χ0) is 13.8. The average molecular weight is 254 g/mol. The van der Waals surface area contributed by atoms with Crippen LogP contribution >= 0.6 is 0 Å². The van der Waals surface area contributed by atoms with E-state index in [4.69, 9.17) is 0 Å². The molecule has 0 radical (unpaired) electrons. The second kappa shape index (κ2) is 5.89. The Labute approximate surface area is 108 Å². The Morgan fingerprint density at radius 3 is 2.78 bits per heavy atom. The Kier molecular flexibility index (Phi) is 4.76. The molecule has 1 aliphatic heterocycles. The molecule has 1 unspecified atom stereocenters. The van der Waals surface area contributed by atoms with Crippen LogP contribution in [0.25, 0.3) is 0 Å². The van der Waals surface area contributed by atoms with Gasteiger partial charge in [0.2, 0.25) is 0 Å². The maximum Gasteiger partial charge on any atom is 0.317 e. The van der Waals surface area contributed by atoms with Gasteiger partial charge >= 0.3 is 12.0 Å². The fourth-order valence-corrected chi connectivity index (χ4v) is 2.20. The molecule has 1 heterocycles. The van der Waals surface area contributed by atoms with E-state index in [1.807, 2.05) is 0 Å². The second-order valence-electron chi connectivity index (χ2n) is 5.29. The molecule has 102 valence electrons. The maximum absolute atomic E-state index is 11.8. The highest BCUT2D eigenvalue weighted by Crippen LogP contribution is 2.34. The maximum atomic E-state index is 11.8. The number of rotatable bonds is 4. The van der Waals surface area contributed by atoms with E-state index in [-0.39, 0.29) is 11.9 Å². The van der Waals surface area contributed by atoms with Gasteiger partial charge in [0.1, 0.15) is 0 Å². The van der Waals surface area contributed by atoms with Crippen LogP contribution in [0, 0.1) is 11.3 Å². The topological polar surface area (TPSA) is 69.6 Å². The number of urea groups is 1. The molecule has 1 fully saturated rings. The molecular weight excluding hydrogens is 232 g/mol. The number of carbonyl (C=O) groups excluding carboxylic acids is 1. The molecule has 0 aliphatic carbocycles. The first kappa shape index (κ1) is 14.5. The van der Waals surface area contributed by atoms with Crippen molar-refractivity contribution in [1.29, 1.82) is 0 Å². The van der Waals surface area contributed by atoms with Gasteiger partial charge in [-0.25, -0.2) is 4.79 Å². The third-order valence-electron chi connectivity index (χ3n) is 3.68. The Morgan fingerprint density at radius 1 is 1.56 bits per heavy atom. The van der Waals surface area contributed by atoms with Crippen LogP contribution in [0.1, 0.15) is 26.7 Å². The number of carboxylic acid groups (broad SMARTS) is 1. The van der Waals surface area contributed by atoms with E-state index in [1.165, 1.54) is 0 Å². The lowest BCUT2D eigenvalue weighted by molar-refractivity contribution is -0.151. The molecule has 5 nitrogen and oxygen atoms in total. The lowest BCUT2D eigenvalue weighted by atomic mass is 9.74. The molecule has 1 atom stereocenters. The summed E-state index contributed by atoms with van der Waals surface area (Å²) in [4.78, 5) is 24.8. The summed E-state index contributed by atoms with van der Waals surface area (Å²) in [5.41, 5.74) is -0.794. The molecule has 2 amide bonds. The van der Waals surface area contributed by atoms with Crippen LogP contribution in [0.4, 0.5) is 4.79 Å². The highest BCUT2D eigenvalue weighted by molar-refractivity contribution is 5.76. The minimum atomic E-state index is -0.805. The third-order valence-corrected chi connectivity index (χ3v) is 3.68. The first-order valence-corrected chi connectivity index (χ1v) is 6.26. The Morgan fingerprint density at radius 2 is 2.22 bits per heavy atom. The summed E-state index contributed by atoms with van der Waals surface area (Å²) in [6.45, 7) is 8.62. The van der Waals surface area contributed by atoms with Gasteiger partial charge in [-0.05, 0) is 32.6 Å². The smallest absolute Gasteiger partial charge is 0.317 e. The van der Waals surface area contributed by atoms with Crippen LogP contribution in [-0.4, -0.2) is 41.6 Å². The van der Waals surface area contributed by atoms with Crippen molar-refractivity contribution >= 4 is 12.0 Å². The molecule has 2 N–H and O–H groups in total. The number of hydrogen-bond acceptors (Lipinski definition) is 2. The summed E-state index contributed by atoms with van der Waals surface area (Å²) in [6.07, 6.45) is 3.33. The second-order valence-corrected chi connectivity index (χ2v) is 5.29. The highest BCUT2D eigenvalue weighted by Gasteiger charge is 2.39. The average Bonchev–Trinajstić information content (AvgIpc) is 2.35. The highest BCUT2D eigenvalue weighted by atomic mass is 16.4. The van der Waals surface area contributed by atoms with Crippen molar-refractivity contribution in [1.82, 2.24) is 10.2 Å². The molecule has 0 aromatic heterocycles. The minimum Gasteiger partial charge on any atom is -0.481 e. The fraction of sp³-hybridized carbons (Fsp3) is 0.692. The van der Waals surface area contributed by atoms with Crippen molar-refractivity contribution in [3.8, 4) is 0 Å².